The van der Waals surface area contributed by atoms with Gasteiger partial charge < -0.3 is 24.1 Å². The summed E-state index contributed by atoms with van der Waals surface area (Å²) in [6, 6.07) is 14.5. The van der Waals surface area contributed by atoms with Crippen LogP contribution in [0.15, 0.2) is 53.1 Å². The van der Waals surface area contributed by atoms with Crippen molar-refractivity contribution in [2.45, 2.75) is 6.42 Å². The molecule has 0 radical (unpaired) electrons. The third-order valence-electron chi connectivity index (χ3n) is 3.88. The minimum Gasteiger partial charge on any atom is -0.497 e. The summed E-state index contributed by atoms with van der Waals surface area (Å²) in [5, 5.41) is 6.66. The monoisotopic (exact) mass is 383 g/mol. The number of methoxy groups -OCH3 is 2. The molecule has 2 aromatic carbocycles. The molecule has 0 aliphatic heterocycles. The van der Waals surface area contributed by atoms with Gasteiger partial charge in [0.25, 0.3) is 0 Å². The molecule has 0 fully saturated rings. The standard InChI is InChI=1S/C20H21N3O5/c1-25-15-5-3-14(4-6-15)20-22-19(28-23-20)13-18(24)21-11-12-27-17-9-7-16(26-2)8-10-17/h3-10H,11-13H2,1-2H3,(H,21,24). The second-order valence-electron chi connectivity index (χ2n) is 5.79. The first-order valence-electron chi connectivity index (χ1n) is 8.68. The Balaban J connectivity index is 1.42. The molecule has 3 aromatic rings. The topological polar surface area (TPSA) is 95.7 Å². The zero-order chi connectivity index (χ0) is 19.8. The van der Waals surface area contributed by atoms with Crippen molar-refractivity contribution >= 4 is 5.91 Å². The van der Waals surface area contributed by atoms with Crippen LogP contribution in [0.3, 0.4) is 0 Å². The Kier molecular flexibility index (Phi) is 6.46. The van der Waals surface area contributed by atoms with Crippen LogP contribution in [0.25, 0.3) is 11.4 Å². The molecule has 0 atom stereocenters. The van der Waals surface area contributed by atoms with Crippen LogP contribution >= 0.6 is 0 Å². The lowest BCUT2D eigenvalue weighted by Crippen LogP contribution is -2.29. The van der Waals surface area contributed by atoms with E-state index in [0.717, 1.165) is 17.1 Å². The smallest absolute Gasteiger partial charge is 0.236 e. The molecular formula is C20H21N3O5. The van der Waals surface area contributed by atoms with Crippen molar-refractivity contribution in [2.75, 3.05) is 27.4 Å². The van der Waals surface area contributed by atoms with E-state index in [1.165, 1.54) is 0 Å². The average Bonchev–Trinajstić information content (AvgIpc) is 3.20. The SMILES string of the molecule is COc1ccc(OCCNC(=O)Cc2nc(-c3ccc(OC)cc3)no2)cc1. The maximum atomic E-state index is 12.0. The minimum absolute atomic E-state index is 0.00565. The fourth-order valence-electron chi connectivity index (χ4n) is 2.42. The molecule has 0 aliphatic rings. The normalized spacial score (nSPS) is 10.4. The summed E-state index contributed by atoms with van der Waals surface area (Å²) < 4.78 is 20.9. The lowest BCUT2D eigenvalue weighted by atomic mass is 10.2. The quantitative estimate of drug-likeness (QED) is 0.567. The van der Waals surface area contributed by atoms with Crippen LogP contribution in [0.1, 0.15) is 5.89 Å². The zero-order valence-electron chi connectivity index (χ0n) is 15.7. The van der Waals surface area contributed by atoms with Gasteiger partial charge in [-0.15, -0.1) is 0 Å². The molecule has 8 nitrogen and oxygen atoms in total. The molecule has 0 saturated carbocycles. The van der Waals surface area contributed by atoms with Crippen molar-refractivity contribution in [1.82, 2.24) is 15.5 Å². The second kappa shape index (κ2) is 9.40. The number of ether oxygens (including phenoxy) is 3. The van der Waals surface area contributed by atoms with Crippen LogP contribution in [0, 0.1) is 0 Å². The van der Waals surface area contributed by atoms with Gasteiger partial charge in [-0.1, -0.05) is 5.16 Å². The zero-order valence-corrected chi connectivity index (χ0v) is 15.7. The fraction of sp³-hybridized carbons (Fsp3) is 0.250. The number of hydrogen-bond donors (Lipinski definition) is 1. The lowest BCUT2D eigenvalue weighted by Gasteiger charge is -2.07. The number of carbonyl (C=O) groups excluding carboxylic acids is 1. The van der Waals surface area contributed by atoms with Crippen LogP contribution < -0.4 is 19.5 Å². The Morgan fingerprint density at radius 2 is 1.57 bits per heavy atom. The molecule has 8 heteroatoms. The molecule has 146 valence electrons. The van der Waals surface area contributed by atoms with Gasteiger partial charge in [0.2, 0.25) is 17.6 Å². The highest BCUT2D eigenvalue weighted by Gasteiger charge is 2.12. The number of hydrogen-bond acceptors (Lipinski definition) is 7. The van der Waals surface area contributed by atoms with Crippen LogP contribution in [-0.2, 0) is 11.2 Å². The number of nitrogens with one attached hydrogen (secondary N) is 1. The molecule has 0 spiro atoms. The van der Waals surface area contributed by atoms with Crippen molar-refractivity contribution in [3.05, 3.63) is 54.4 Å². The minimum atomic E-state index is -0.219. The second-order valence-corrected chi connectivity index (χ2v) is 5.79. The van der Waals surface area contributed by atoms with Crippen LogP contribution in [0.2, 0.25) is 0 Å². The van der Waals surface area contributed by atoms with E-state index in [1.807, 2.05) is 24.3 Å². The van der Waals surface area contributed by atoms with Gasteiger partial charge in [-0.3, -0.25) is 4.79 Å². The van der Waals surface area contributed by atoms with Gasteiger partial charge in [0.05, 0.1) is 20.8 Å². The fourth-order valence-corrected chi connectivity index (χ4v) is 2.42. The van der Waals surface area contributed by atoms with Gasteiger partial charge in [-0.05, 0) is 48.5 Å². The first-order valence-corrected chi connectivity index (χ1v) is 8.68. The van der Waals surface area contributed by atoms with Gasteiger partial charge in [0, 0.05) is 5.56 Å². The number of carbonyl (C=O) groups is 1. The number of amides is 1. The number of rotatable bonds is 9. The summed E-state index contributed by atoms with van der Waals surface area (Å²) >= 11 is 0. The van der Waals surface area contributed by atoms with Crippen molar-refractivity contribution in [3.8, 4) is 28.6 Å². The van der Waals surface area contributed by atoms with Crippen LogP contribution in [-0.4, -0.2) is 43.4 Å². The number of nitrogens with zero attached hydrogens (tertiary/aromatic N) is 2. The highest BCUT2D eigenvalue weighted by atomic mass is 16.5. The van der Waals surface area contributed by atoms with E-state index in [4.69, 9.17) is 18.7 Å². The van der Waals surface area contributed by atoms with Gasteiger partial charge in [0.15, 0.2) is 0 Å². The maximum Gasteiger partial charge on any atom is 0.236 e. The molecular weight excluding hydrogens is 362 g/mol. The average molecular weight is 383 g/mol. The van der Waals surface area contributed by atoms with Gasteiger partial charge in [0.1, 0.15) is 30.3 Å². The Morgan fingerprint density at radius 3 is 2.21 bits per heavy atom. The highest BCUT2D eigenvalue weighted by Crippen LogP contribution is 2.20. The molecule has 0 saturated heterocycles. The van der Waals surface area contributed by atoms with E-state index >= 15 is 0 Å². The van der Waals surface area contributed by atoms with Gasteiger partial charge in [-0.2, -0.15) is 4.98 Å². The molecule has 1 heterocycles. The third-order valence-corrected chi connectivity index (χ3v) is 3.88. The predicted octanol–water partition coefficient (Wildman–Crippen LogP) is 2.49. The lowest BCUT2D eigenvalue weighted by molar-refractivity contribution is -0.120. The summed E-state index contributed by atoms with van der Waals surface area (Å²) in [5.74, 6) is 2.66. The maximum absolute atomic E-state index is 12.0. The highest BCUT2D eigenvalue weighted by molar-refractivity contribution is 5.77. The summed E-state index contributed by atoms with van der Waals surface area (Å²) in [7, 11) is 3.21. The summed E-state index contributed by atoms with van der Waals surface area (Å²) in [4.78, 5) is 16.3. The van der Waals surface area contributed by atoms with Crippen molar-refractivity contribution < 1.29 is 23.5 Å². The van der Waals surface area contributed by atoms with E-state index in [-0.39, 0.29) is 18.2 Å². The molecule has 1 aromatic heterocycles. The van der Waals surface area contributed by atoms with Crippen LogP contribution in [0.5, 0.6) is 17.2 Å². The van der Waals surface area contributed by atoms with E-state index in [2.05, 4.69) is 15.5 Å². The summed E-state index contributed by atoms with van der Waals surface area (Å²) in [6.45, 7) is 0.712. The molecule has 1 N–H and O–H groups in total. The molecule has 0 aliphatic carbocycles. The van der Waals surface area contributed by atoms with Crippen molar-refractivity contribution in [3.63, 3.8) is 0 Å². The van der Waals surface area contributed by atoms with Crippen molar-refractivity contribution in [1.29, 1.82) is 0 Å². The van der Waals surface area contributed by atoms with Gasteiger partial charge in [-0.25, -0.2) is 0 Å². The Morgan fingerprint density at radius 1 is 0.964 bits per heavy atom. The Bertz CT molecular complexity index is 891. The molecule has 28 heavy (non-hydrogen) atoms. The van der Waals surface area contributed by atoms with E-state index in [1.54, 1.807) is 38.5 Å². The first-order chi connectivity index (χ1) is 13.7. The summed E-state index contributed by atoms with van der Waals surface area (Å²) in [5.41, 5.74) is 0.782. The summed E-state index contributed by atoms with van der Waals surface area (Å²) in [6.07, 6.45) is 0.00565. The molecule has 0 unspecified atom stereocenters. The first kappa shape index (κ1) is 19.2. The van der Waals surface area contributed by atoms with Crippen molar-refractivity contribution in [2.24, 2.45) is 0 Å². The third kappa shape index (κ3) is 5.23. The van der Waals surface area contributed by atoms with Gasteiger partial charge >= 0.3 is 0 Å². The number of benzene rings is 2. The molecule has 3 rings (SSSR count). The largest absolute Gasteiger partial charge is 0.497 e. The molecule has 1 amide bonds. The Labute approximate surface area is 162 Å². The predicted molar refractivity (Wildman–Crippen MR) is 101 cm³/mol. The van der Waals surface area contributed by atoms with E-state index in [0.29, 0.717) is 24.7 Å². The number of aromatic nitrogens is 2. The van der Waals surface area contributed by atoms with E-state index < -0.39 is 0 Å². The Hall–Kier alpha value is -3.55. The van der Waals surface area contributed by atoms with Crippen LogP contribution in [0.4, 0.5) is 0 Å². The molecule has 0 bridgehead atoms. The van der Waals surface area contributed by atoms with E-state index in [9.17, 15) is 4.79 Å².